The lowest BCUT2D eigenvalue weighted by Gasteiger charge is -2.08. The van der Waals surface area contributed by atoms with Gasteiger partial charge >= 0.3 is 0 Å². The van der Waals surface area contributed by atoms with Crippen molar-refractivity contribution in [1.82, 2.24) is 15.1 Å². The molecule has 0 fully saturated rings. The zero-order valence-electron chi connectivity index (χ0n) is 12.4. The molecule has 0 aliphatic carbocycles. The number of nitro groups is 1. The Balaban J connectivity index is 1.88. The molecular weight excluding hydrogens is 302 g/mol. The molecule has 1 aromatic carbocycles. The van der Waals surface area contributed by atoms with Crippen LogP contribution in [0.4, 0.5) is 11.4 Å². The van der Waals surface area contributed by atoms with Crippen molar-refractivity contribution in [3.63, 3.8) is 0 Å². The second kappa shape index (κ2) is 7.16. The van der Waals surface area contributed by atoms with Gasteiger partial charge in [-0.15, -0.1) is 0 Å². The molecule has 1 amide bonds. The Bertz CT molecular complexity index is 787. The van der Waals surface area contributed by atoms with Crippen molar-refractivity contribution in [1.29, 1.82) is 0 Å². The van der Waals surface area contributed by atoms with Gasteiger partial charge in [-0.3, -0.25) is 19.7 Å². The SMILES string of the molecule is Cn1nc(C(=O)NCCNc2ccccc2[N+](=O)[O-])ccc1=O. The Morgan fingerprint density at radius 3 is 2.70 bits per heavy atom. The van der Waals surface area contributed by atoms with E-state index in [0.29, 0.717) is 12.2 Å². The Morgan fingerprint density at radius 1 is 1.26 bits per heavy atom. The summed E-state index contributed by atoms with van der Waals surface area (Å²) in [7, 11) is 1.45. The molecule has 0 radical (unpaired) electrons. The molecule has 0 atom stereocenters. The quantitative estimate of drug-likeness (QED) is 0.456. The highest BCUT2D eigenvalue weighted by atomic mass is 16.6. The number of hydrogen-bond acceptors (Lipinski definition) is 6. The lowest BCUT2D eigenvalue weighted by molar-refractivity contribution is -0.384. The van der Waals surface area contributed by atoms with Crippen LogP contribution in [0.5, 0.6) is 0 Å². The van der Waals surface area contributed by atoms with Crippen LogP contribution in [0.25, 0.3) is 0 Å². The highest BCUT2D eigenvalue weighted by Gasteiger charge is 2.12. The van der Waals surface area contributed by atoms with Crippen LogP contribution in [0.15, 0.2) is 41.2 Å². The Morgan fingerprint density at radius 2 is 2.00 bits per heavy atom. The van der Waals surface area contributed by atoms with Crippen molar-refractivity contribution in [2.75, 3.05) is 18.4 Å². The molecule has 0 bridgehead atoms. The second-order valence-corrected chi connectivity index (χ2v) is 4.64. The van der Waals surface area contributed by atoms with Crippen molar-refractivity contribution in [3.05, 3.63) is 62.6 Å². The van der Waals surface area contributed by atoms with Crippen LogP contribution in [0.2, 0.25) is 0 Å². The van der Waals surface area contributed by atoms with Crippen molar-refractivity contribution < 1.29 is 9.72 Å². The van der Waals surface area contributed by atoms with Gasteiger partial charge in [0.15, 0.2) is 0 Å². The minimum absolute atomic E-state index is 0.0291. The van der Waals surface area contributed by atoms with Crippen LogP contribution in [-0.4, -0.2) is 33.7 Å². The van der Waals surface area contributed by atoms with E-state index in [0.717, 1.165) is 4.68 Å². The summed E-state index contributed by atoms with van der Waals surface area (Å²) in [6.45, 7) is 0.553. The number of para-hydroxylation sites is 2. The van der Waals surface area contributed by atoms with Gasteiger partial charge in [0, 0.05) is 32.3 Å². The van der Waals surface area contributed by atoms with Crippen LogP contribution in [0, 0.1) is 10.1 Å². The molecule has 0 saturated heterocycles. The zero-order valence-corrected chi connectivity index (χ0v) is 12.4. The molecule has 0 unspecified atom stereocenters. The van der Waals surface area contributed by atoms with Crippen LogP contribution in [-0.2, 0) is 7.05 Å². The fraction of sp³-hybridized carbons (Fsp3) is 0.214. The highest BCUT2D eigenvalue weighted by molar-refractivity contribution is 5.92. The van der Waals surface area contributed by atoms with Gasteiger partial charge in [-0.25, -0.2) is 4.68 Å². The van der Waals surface area contributed by atoms with E-state index in [1.54, 1.807) is 18.2 Å². The lowest BCUT2D eigenvalue weighted by atomic mass is 10.2. The van der Waals surface area contributed by atoms with E-state index in [4.69, 9.17) is 0 Å². The van der Waals surface area contributed by atoms with E-state index in [1.807, 2.05) is 0 Å². The van der Waals surface area contributed by atoms with E-state index in [9.17, 15) is 19.7 Å². The standard InChI is InChI=1S/C14H15N5O4/c1-18-13(20)7-6-11(17-18)14(21)16-9-8-15-10-4-2-3-5-12(10)19(22)23/h2-7,15H,8-9H2,1H3,(H,16,21). The van der Waals surface area contributed by atoms with Gasteiger partial charge in [-0.1, -0.05) is 12.1 Å². The monoisotopic (exact) mass is 317 g/mol. The molecule has 0 aliphatic heterocycles. The average Bonchev–Trinajstić information content (AvgIpc) is 2.54. The first kappa shape index (κ1) is 16.1. The summed E-state index contributed by atoms with van der Waals surface area (Å²) in [5, 5.41) is 20.2. The third-order valence-corrected chi connectivity index (χ3v) is 3.02. The van der Waals surface area contributed by atoms with Crippen molar-refractivity contribution in [2.24, 2.45) is 7.05 Å². The number of nitrogens with zero attached hydrogens (tertiary/aromatic N) is 3. The average molecular weight is 317 g/mol. The first-order chi connectivity index (χ1) is 11.0. The summed E-state index contributed by atoms with van der Waals surface area (Å²) >= 11 is 0. The third-order valence-electron chi connectivity index (χ3n) is 3.02. The first-order valence-electron chi connectivity index (χ1n) is 6.79. The number of rotatable bonds is 6. The van der Waals surface area contributed by atoms with E-state index in [2.05, 4.69) is 15.7 Å². The van der Waals surface area contributed by atoms with Gasteiger partial charge in [-0.05, 0) is 12.1 Å². The van der Waals surface area contributed by atoms with Gasteiger partial charge in [-0.2, -0.15) is 5.10 Å². The van der Waals surface area contributed by atoms with Gasteiger partial charge in [0.05, 0.1) is 4.92 Å². The largest absolute Gasteiger partial charge is 0.378 e. The van der Waals surface area contributed by atoms with E-state index in [-0.39, 0.29) is 23.5 Å². The molecule has 23 heavy (non-hydrogen) atoms. The molecule has 1 aromatic heterocycles. The van der Waals surface area contributed by atoms with Crippen LogP contribution in [0.3, 0.4) is 0 Å². The summed E-state index contributed by atoms with van der Waals surface area (Å²) in [6, 6.07) is 8.85. The van der Waals surface area contributed by atoms with Crippen molar-refractivity contribution in [2.45, 2.75) is 0 Å². The Kier molecular flexibility index (Phi) is 5.03. The van der Waals surface area contributed by atoms with E-state index >= 15 is 0 Å². The first-order valence-corrected chi connectivity index (χ1v) is 6.79. The van der Waals surface area contributed by atoms with Crippen LogP contribution < -0.4 is 16.2 Å². The predicted molar refractivity (Wildman–Crippen MR) is 83.4 cm³/mol. The molecule has 2 N–H and O–H groups in total. The molecule has 9 nitrogen and oxygen atoms in total. The minimum Gasteiger partial charge on any atom is -0.378 e. The number of carbonyl (C=O) groups excluding carboxylic acids is 1. The molecule has 120 valence electrons. The maximum absolute atomic E-state index is 11.9. The third kappa shape index (κ3) is 4.13. The molecule has 1 heterocycles. The number of anilines is 1. The number of nitrogens with one attached hydrogen (secondary N) is 2. The number of aromatic nitrogens is 2. The normalized spacial score (nSPS) is 10.1. The van der Waals surface area contributed by atoms with E-state index < -0.39 is 10.8 Å². The molecule has 2 rings (SSSR count). The number of aryl methyl sites for hydroxylation is 1. The molecule has 0 aliphatic rings. The number of amides is 1. The fourth-order valence-corrected chi connectivity index (χ4v) is 1.87. The molecule has 9 heteroatoms. The van der Waals surface area contributed by atoms with Gasteiger partial charge in [0.1, 0.15) is 11.4 Å². The number of hydrogen-bond donors (Lipinski definition) is 2. The number of benzene rings is 1. The van der Waals surface area contributed by atoms with Crippen molar-refractivity contribution in [3.8, 4) is 0 Å². The maximum Gasteiger partial charge on any atom is 0.292 e. The second-order valence-electron chi connectivity index (χ2n) is 4.64. The molecule has 2 aromatic rings. The summed E-state index contributed by atoms with van der Waals surface area (Å²) < 4.78 is 1.07. The Labute approximate surface area is 131 Å². The summed E-state index contributed by atoms with van der Waals surface area (Å²) in [5.74, 6) is -0.426. The minimum atomic E-state index is -0.477. The van der Waals surface area contributed by atoms with E-state index in [1.165, 1.54) is 25.2 Å². The molecular formula is C14H15N5O4. The predicted octanol–water partition coefficient (Wildman–Crippen LogP) is 0.530. The number of carbonyl (C=O) groups is 1. The zero-order chi connectivity index (χ0) is 16.8. The topological polar surface area (TPSA) is 119 Å². The van der Waals surface area contributed by atoms with Crippen LogP contribution in [0.1, 0.15) is 10.5 Å². The van der Waals surface area contributed by atoms with Gasteiger partial charge in [0.2, 0.25) is 0 Å². The van der Waals surface area contributed by atoms with Crippen LogP contribution >= 0.6 is 0 Å². The highest BCUT2D eigenvalue weighted by Crippen LogP contribution is 2.22. The number of nitro benzene ring substituents is 1. The fourth-order valence-electron chi connectivity index (χ4n) is 1.87. The lowest BCUT2D eigenvalue weighted by Crippen LogP contribution is -2.31. The summed E-state index contributed by atoms with van der Waals surface area (Å²) in [5.41, 5.74) is 0.169. The maximum atomic E-state index is 11.9. The Hall–Kier alpha value is -3.23. The van der Waals surface area contributed by atoms with Gasteiger partial charge < -0.3 is 10.6 Å². The molecule has 0 saturated carbocycles. The molecule has 0 spiro atoms. The van der Waals surface area contributed by atoms with Crippen molar-refractivity contribution >= 4 is 17.3 Å². The van der Waals surface area contributed by atoms with Gasteiger partial charge in [0.25, 0.3) is 17.2 Å². The summed E-state index contributed by atoms with van der Waals surface area (Å²) in [6.07, 6.45) is 0. The summed E-state index contributed by atoms with van der Waals surface area (Å²) in [4.78, 5) is 33.5. The smallest absolute Gasteiger partial charge is 0.292 e.